The molecule has 36 heavy (non-hydrogen) atoms. The third-order valence-electron chi connectivity index (χ3n) is 6.38. The van der Waals surface area contributed by atoms with Crippen molar-refractivity contribution < 1.29 is 4.79 Å². The summed E-state index contributed by atoms with van der Waals surface area (Å²) in [5.74, 6) is 1.16. The van der Waals surface area contributed by atoms with Crippen LogP contribution in [0.3, 0.4) is 0 Å². The van der Waals surface area contributed by atoms with Gasteiger partial charge in [0.2, 0.25) is 0 Å². The molecule has 2 aromatic carbocycles. The Balaban J connectivity index is 1.25. The lowest BCUT2D eigenvalue weighted by Gasteiger charge is -2.32. The number of carbonyl (C=O) groups excluding carboxylic acids is 1. The quantitative estimate of drug-likeness (QED) is 0.312. The summed E-state index contributed by atoms with van der Waals surface area (Å²) >= 11 is 1.54. The molecule has 1 amide bonds. The number of aryl methyl sites for hydroxylation is 1. The van der Waals surface area contributed by atoms with E-state index in [2.05, 4.69) is 37.4 Å². The van der Waals surface area contributed by atoms with Crippen molar-refractivity contribution >= 4 is 33.9 Å². The summed E-state index contributed by atoms with van der Waals surface area (Å²) in [7, 11) is 0. The van der Waals surface area contributed by atoms with Crippen LogP contribution in [0.2, 0.25) is 0 Å². The number of amides is 1. The molecule has 4 aromatic rings. The number of hydrogen-bond donors (Lipinski definition) is 2. The number of hydrogen-bond acceptors (Lipinski definition) is 7. The van der Waals surface area contributed by atoms with Crippen LogP contribution in [0.1, 0.15) is 47.2 Å². The molecule has 0 bridgehead atoms. The molecule has 1 atom stereocenters. The van der Waals surface area contributed by atoms with Crippen molar-refractivity contribution in [3.8, 4) is 11.3 Å². The second kappa shape index (κ2) is 11.0. The number of likely N-dealkylation sites (tertiary alicyclic amines) is 1. The maximum absolute atomic E-state index is 13.0. The van der Waals surface area contributed by atoms with Crippen molar-refractivity contribution in [2.45, 2.75) is 45.7 Å². The number of aromatic nitrogens is 3. The molecule has 1 fully saturated rings. The van der Waals surface area contributed by atoms with Crippen molar-refractivity contribution in [3.63, 3.8) is 0 Å². The van der Waals surface area contributed by atoms with Crippen LogP contribution in [0, 0.1) is 6.92 Å². The van der Waals surface area contributed by atoms with Crippen LogP contribution in [0.5, 0.6) is 0 Å². The average Bonchev–Trinajstić information content (AvgIpc) is 3.32. The molecular formula is C28H30N6OS. The minimum Gasteiger partial charge on any atom is -0.340 e. The summed E-state index contributed by atoms with van der Waals surface area (Å²) in [6.07, 6.45) is 5.68. The Kier molecular flexibility index (Phi) is 7.34. The molecule has 0 aliphatic carbocycles. The van der Waals surface area contributed by atoms with Crippen molar-refractivity contribution in [1.82, 2.24) is 19.9 Å². The smallest absolute Gasteiger partial charge is 0.257 e. The molecule has 0 radical (unpaired) electrons. The Bertz CT molecular complexity index is 1340. The van der Waals surface area contributed by atoms with Gasteiger partial charge in [-0.1, -0.05) is 42.8 Å². The lowest BCUT2D eigenvalue weighted by atomic mass is 10.0. The normalized spacial score (nSPS) is 16.0. The minimum atomic E-state index is -0.185. The van der Waals surface area contributed by atoms with Crippen LogP contribution in [-0.2, 0) is 6.54 Å². The maximum Gasteiger partial charge on any atom is 0.257 e. The van der Waals surface area contributed by atoms with Gasteiger partial charge in [0.1, 0.15) is 11.6 Å². The molecular weight excluding hydrogens is 468 g/mol. The number of benzene rings is 2. The minimum absolute atomic E-state index is 0.185. The zero-order valence-corrected chi connectivity index (χ0v) is 21.4. The molecule has 3 heterocycles. The summed E-state index contributed by atoms with van der Waals surface area (Å²) in [5, 5.41) is 6.89. The number of thiazole rings is 1. The topological polar surface area (TPSA) is 83.0 Å². The number of nitrogens with one attached hydrogen (secondary N) is 2. The number of rotatable bonds is 7. The second-order valence-electron chi connectivity index (χ2n) is 9.16. The van der Waals surface area contributed by atoms with Gasteiger partial charge in [-0.25, -0.2) is 15.0 Å². The van der Waals surface area contributed by atoms with Gasteiger partial charge in [-0.3, -0.25) is 15.0 Å². The van der Waals surface area contributed by atoms with Gasteiger partial charge in [0.15, 0.2) is 5.13 Å². The second-order valence-corrected chi connectivity index (χ2v) is 10.3. The van der Waals surface area contributed by atoms with Gasteiger partial charge in [-0.05, 0) is 51.4 Å². The molecule has 7 nitrogen and oxygen atoms in total. The summed E-state index contributed by atoms with van der Waals surface area (Å²) in [5.41, 5.74) is 3.20. The lowest BCUT2D eigenvalue weighted by Crippen LogP contribution is -2.36. The predicted octanol–water partition coefficient (Wildman–Crippen LogP) is 6.28. The van der Waals surface area contributed by atoms with Gasteiger partial charge in [-0.2, -0.15) is 0 Å². The Morgan fingerprint density at radius 2 is 1.94 bits per heavy atom. The molecule has 5 rings (SSSR count). The van der Waals surface area contributed by atoms with E-state index in [-0.39, 0.29) is 5.91 Å². The van der Waals surface area contributed by atoms with Gasteiger partial charge in [0.05, 0.1) is 5.69 Å². The van der Waals surface area contributed by atoms with E-state index in [0.717, 1.165) is 30.0 Å². The molecule has 1 saturated heterocycles. The fraction of sp³-hybridized carbons (Fsp3) is 0.286. The van der Waals surface area contributed by atoms with E-state index in [1.807, 2.05) is 67.7 Å². The zero-order chi connectivity index (χ0) is 24.9. The van der Waals surface area contributed by atoms with Gasteiger partial charge in [-0.15, -0.1) is 11.3 Å². The third-order valence-corrected chi connectivity index (χ3v) is 7.28. The van der Waals surface area contributed by atoms with E-state index in [0.29, 0.717) is 28.4 Å². The van der Waals surface area contributed by atoms with Crippen LogP contribution in [0.25, 0.3) is 11.3 Å². The van der Waals surface area contributed by atoms with Crippen LogP contribution < -0.4 is 10.6 Å². The fourth-order valence-corrected chi connectivity index (χ4v) is 5.31. The predicted molar refractivity (Wildman–Crippen MR) is 146 cm³/mol. The summed E-state index contributed by atoms with van der Waals surface area (Å²) < 4.78 is 0. The van der Waals surface area contributed by atoms with Gasteiger partial charge < -0.3 is 5.32 Å². The van der Waals surface area contributed by atoms with Gasteiger partial charge >= 0.3 is 0 Å². The molecule has 2 N–H and O–H groups in total. The molecule has 1 aliphatic rings. The molecule has 1 aliphatic heterocycles. The van der Waals surface area contributed by atoms with Crippen LogP contribution in [0.15, 0.2) is 66.9 Å². The molecule has 0 saturated carbocycles. The third kappa shape index (κ3) is 5.95. The first-order chi connectivity index (χ1) is 17.5. The molecule has 2 aromatic heterocycles. The van der Waals surface area contributed by atoms with Crippen LogP contribution in [-0.4, -0.2) is 38.3 Å². The number of carbonyl (C=O) groups is 1. The van der Waals surface area contributed by atoms with Crippen LogP contribution in [0.4, 0.5) is 16.6 Å². The highest BCUT2D eigenvalue weighted by Gasteiger charge is 2.19. The van der Waals surface area contributed by atoms with Crippen molar-refractivity contribution in [1.29, 1.82) is 0 Å². The summed E-state index contributed by atoms with van der Waals surface area (Å²) in [6.45, 7) is 6.17. The molecule has 8 heteroatoms. The van der Waals surface area contributed by atoms with E-state index < -0.39 is 0 Å². The first kappa shape index (κ1) is 24.1. The number of anilines is 3. The SMILES string of the molecule is Cc1nc(Nc2cccc(C(=O)Nc3ncc(CN4CCCCC4C)s3)c2)cc(-c2ccccc2)n1. The van der Waals surface area contributed by atoms with E-state index in [1.54, 1.807) is 17.4 Å². The standard InChI is InChI=1S/C28H30N6OS/c1-19-9-6-7-14-34(19)18-24-17-29-28(36-24)33-27(35)22-12-8-13-23(15-22)32-26-16-25(30-20(2)31-26)21-10-4-3-5-11-21/h3-5,8,10-13,15-17,19H,6-7,9,14,18H2,1-2H3,(H,29,33,35)(H,30,31,32). The lowest BCUT2D eigenvalue weighted by molar-refractivity contribution is 0.102. The zero-order valence-electron chi connectivity index (χ0n) is 20.6. The van der Waals surface area contributed by atoms with E-state index in [9.17, 15) is 4.79 Å². The maximum atomic E-state index is 13.0. The highest BCUT2D eigenvalue weighted by molar-refractivity contribution is 7.15. The Hall–Kier alpha value is -3.62. The van der Waals surface area contributed by atoms with Crippen molar-refractivity contribution in [2.24, 2.45) is 0 Å². The highest BCUT2D eigenvalue weighted by atomic mass is 32.1. The molecule has 0 spiro atoms. The Morgan fingerprint density at radius 3 is 2.78 bits per heavy atom. The van der Waals surface area contributed by atoms with Gasteiger partial charge in [0.25, 0.3) is 5.91 Å². The monoisotopic (exact) mass is 498 g/mol. The highest BCUT2D eigenvalue weighted by Crippen LogP contribution is 2.26. The van der Waals surface area contributed by atoms with Crippen molar-refractivity contribution in [2.75, 3.05) is 17.2 Å². The first-order valence-corrected chi connectivity index (χ1v) is 13.1. The number of piperidine rings is 1. The molecule has 1 unspecified atom stereocenters. The van der Waals surface area contributed by atoms with E-state index >= 15 is 0 Å². The Labute approximate surface area is 215 Å². The number of nitrogens with zero attached hydrogens (tertiary/aromatic N) is 4. The fourth-order valence-electron chi connectivity index (χ4n) is 4.47. The first-order valence-electron chi connectivity index (χ1n) is 12.3. The summed E-state index contributed by atoms with van der Waals surface area (Å²) in [4.78, 5) is 30.1. The van der Waals surface area contributed by atoms with Crippen LogP contribution >= 0.6 is 11.3 Å². The summed E-state index contributed by atoms with van der Waals surface area (Å²) in [6, 6.07) is 19.9. The van der Waals surface area contributed by atoms with Crippen molar-refractivity contribution in [3.05, 3.63) is 83.1 Å². The largest absolute Gasteiger partial charge is 0.340 e. The van der Waals surface area contributed by atoms with E-state index in [1.165, 1.54) is 24.1 Å². The Morgan fingerprint density at radius 1 is 1.08 bits per heavy atom. The van der Waals surface area contributed by atoms with E-state index in [4.69, 9.17) is 0 Å². The van der Waals surface area contributed by atoms with Gasteiger partial charge in [0, 0.05) is 46.5 Å². The average molecular weight is 499 g/mol. The molecule has 184 valence electrons.